The van der Waals surface area contributed by atoms with Crippen LogP contribution in [0.4, 0.5) is 0 Å². The zero-order valence-corrected chi connectivity index (χ0v) is 13.0. The lowest BCUT2D eigenvalue weighted by atomic mass is 10.2. The standard InChI is InChI=1S/C10H20N2O3P.2ClH/c13-16(14-11-7-3-1-4-8-11)15-12-9-5-2-6-10-12;;/h1-10H2;2*1H/q+1;;. The van der Waals surface area contributed by atoms with Crippen LogP contribution in [0.1, 0.15) is 38.5 Å². The van der Waals surface area contributed by atoms with Crippen LogP contribution in [0, 0.1) is 0 Å². The number of nitrogens with zero attached hydrogens (tertiary/aromatic N) is 2. The Bertz CT molecular complexity index is 215. The van der Waals surface area contributed by atoms with Gasteiger partial charge in [-0.2, -0.15) is 0 Å². The van der Waals surface area contributed by atoms with Crippen molar-refractivity contribution in [1.82, 2.24) is 10.1 Å². The third-order valence-corrected chi connectivity index (χ3v) is 3.72. The second-order valence-corrected chi connectivity index (χ2v) is 5.14. The van der Waals surface area contributed by atoms with E-state index in [2.05, 4.69) is 0 Å². The van der Waals surface area contributed by atoms with Gasteiger partial charge >= 0.3 is 8.25 Å². The van der Waals surface area contributed by atoms with E-state index in [9.17, 15) is 4.57 Å². The van der Waals surface area contributed by atoms with E-state index in [0.29, 0.717) is 0 Å². The van der Waals surface area contributed by atoms with Crippen molar-refractivity contribution in [2.75, 3.05) is 26.2 Å². The molecule has 0 aromatic heterocycles. The molecule has 2 rings (SSSR count). The predicted octanol–water partition coefficient (Wildman–Crippen LogP) is 3.32. The Labute approximate surface area is 122 Å². The van der Waals surface area contributed by atoms with Crippen molar-refractivity contribution in [1.29, 1.82) is 0 Å². The minimum absolute atomic E-state index is 0. The highest BCUT2D eigenvalue weighted by Crippen LogP contribution is 2.30. The van der Waals surface area contributed by atoms with Crippen LogP contribution in [-0.2, 0) is 13.8 Å². The molecular weight excluding hydrogens is 298 g/mol. The second kappa shape index (κ2) is 10.3. The summed E-state index contributed by atoms with van der Waals surface area (Å²) in [6.07, 6.45) is 6.95. The first-order valence-corrected chi connectivity index (χ1v) is 7.27. The minimum atomic E-state index is -2.02. The molecule has 0 aromatic carbocycles. The molecule has 0 saturated carbocycles. The fraction of sp³-hybridized carbons (Fsp3) is 1.00. The maximum atomic E-state index is 11.6. The van der Waals surface area contributed by atoms with E-state index >= 15 is 0 Å². The third-order valence-electron chi connectivity index (χ3n) is 2.99. The topological polar surface area (TPSA) is 42.0 Å². The van der Waals surface area contributed by atoms with E-state index in [4.69, 9.17) is 9.25 Å². The molecule has 0 N–H and O–H groups in total. The van der Waals surface area contributed by atoms with Gasteiger partial charge in [-0.3, -0.25) is 0 Å². The van der Waals surface area contributed by atoms with Gasteiger partial charge in [0.25, 0.3) is 0 Å². The van der Waals surface area contributed by atoms with Gasteiger partial charge in [-0.05, 0) is 34.9 Å². The molecule has 2 fully saturated rings. The SMILES string of the molecule is Cl.Cl.O=[P+](ON1CCCCC1)ON1CCCCC1. The molecule has 0 bridgehead atoms. The summed E-state index contributed by atoms with van der Waals surface area (Å²) < 4.78 is 22.1. The Morgan fingerprint density at radius 3 is 1.33 bits per heavy atom. The van der Waals surface area contributed by atoms with Gasteiger partial charge in [0.05, 0.1) is 0 Å². The monoisotopic (exact) mass is 319 g/mol. The lowest BCUT2D eigenvalue weighted by Crippen LogP contribution is -2.30. The Morgan fingerprint density at radius 1 is 0.667 bits per heavy atom. The van der Waals surface area contributed by atoms with Crippen molar-refractivity contribution < 1.29 is 13.8 Å². The van der Waals surface area contributed by atoms with E-state index in [1.54, 1.807) is 10.1 Å². The van der Waals surface area contributed by atoms with Crippen LogP contribution < -0.4 is 0 Å². The quantitative estimate of drug-likeness (QED) is 0.743. The normalized spacial score (nSPS) is 21.8. The van der Waals surface area contributed by atoms with E-state index in [0.717, 1.165) is 51.9 Å². The third kappa shape index (κ3) is 6.62. The van der Waals surface area contributed by atoms with Crippen molar-refractivity contribution in [2.45, 2.75) is 38.5 Å². The average molecular weight is 320 g/mol. The molecule has 2 aliphatic rings. The minimum Gasteiger partial charge on any atom is -0.147 e. The van der Waals surface area contributed by atoms with Crippen LogP contribution in [0.5, 0.6) is 0 Å². The van der Waals surface area contributed by atoms with Gasteiger partial charge in [0, 0.05) is 30.7 Å². The molecule has 5 nitrogen and oxygen atoms in total. The maximum Gasteiger partial charge on any atom is 0.735 e. The summed E-state index contributed by atoms with van der Waals surface area (Å²) in [4.78, 5) is 0. The van der Waals surface area contributed by atoms with Crippen LogP contribution in [0.2, 0.25) is 0 Å². The van der Waals surface area contributed by atoms with Gasteiger partial charge in [-0.1, -0.05) is 12.8 Å². The number of piperidine rings is 2. The number of hydrogen-bond acceptors (Lipinski definition) is 5. The summed E-state index contributed by atoms with van der Waals surface area (Å²) in [5.41, 5.74) is 0. The molecule has 18 heavy (non-hydrogen) atoms. The highest BCUT2D eigenvalue weighted by molar-refractivity contribution is 7.33. The van der Waals surface area contributed by atoms with E-state index < -0.39 is 8.25 Å². The summed E-state index contributed by atoms with van der Waals surface area (Å²) in [6, 6.07) is 0. The van der Waals surface area contributed by atoms with Crippen LogP contribution >= 0.6 is 33.1 Å². The number of hydroxylamine groups is 4. The number of rotatable bonds is 4. The van der Waals surface area contributed by atoms with Gasteiger partial charge in [0.1, 0.15) is 0 Å². The van der Waals surface area contributed by atoms with Crippen LogP contribution in [0.15, 0.2) is 0 Å². The molecule has 2 aliphatic heterocycles. The first kappa shape index (κ1) is 18.5. The zero-order valence-electron chi connectivity index (χ0n) is 10.5. The first-order chi connectivity index (χ1) is 7.84. The second-order valence-electron chi connectivity index (χ2n) is 4.37. The Balaban J connectivity index is 0.00000144. The smallest absolute Gasteiger partial charge is 0.147 e. The fourth-order valence-electron chi connectivity index (χ4n) is 2.10. The molecule has 0 unspecified atom stereocenters. The lowest BCUT2D eigenvalue weighted by molar-refractivity contribution is -0.125. The molecule has 0 aliphatic carbocycles. The summed E-state index contributed by atoms with van der Waals surface area (Å²) in [7, 11) is -2.02. The molecule has 0 radical (unpaired) electrons. The van der Waals surface area contributed by atoms with Crippen LogP contribution in [0.3, 0.4) is 0 Å². The van der Waals surface area contributed by atoms with Crippen molar-refractivity contribution in [3.05, 3.63) is 0 Å². The van der Waals surface area contributed by atoms with Crippen molar-refractivity contribution in [3.8, 4) is 0 Å². The zero-order chi connectivity index (χ0) is 11.2. The molecule has 0 spiro atoms. The highest BCUT2D eigenvalue weighted by atomic mass is 35.5. The van der Waals surface area contributed by atoms with Crippen molar-refractivity contribution >= 4 is 33.1 Å². The van der Waals surface area contributed by atoms with Gasteiger partial charge < -0.3 is 0 Å². The largest absolute Gasteiger partial charge is 0.735 e. The highest BCUT2D eigenvalue weighted by Gasteiger charge is 2.31. The summed E-state index contributed by atoms with van der Waals surface area (Å²) in [5, 5.41) is 3.54. The van der Waals surface area contributed by atoms with Crippen molar-refractivity contribution in [3.63, 3.8) is 0 Å². The Hall–Kier alpha value is 0.520. The predicted molar refractivity (Wildman–Crippen MR) is 75.1 cm³/mol. The van der Waals surface area contributed by atoms with E-state index in [1.807, 2.05) is 0 Å². The molecule has 8 heteroatoms. The van der Waals surface area contributed by atoms with Gasteiger partial charge in [0.15, 0.2) is 0 Å². The first-order valence-electron chi connectivity index (χ1n) is 6.18. The van der Waals surface area contributed by atoms with Crippen LogP contribution in [-0.4, -0.2) is 36.3 Å². The maximum absolute atomic E-state index is 11.6. The van der Waals surface area contributed by atoms with Gasteiger partial charge in [0.2, 0.25) is 0 Å². The Kier molecular flexibility index (Phi) is 10.6. The fourth-order valence-corrected chi connectivity index (χ4v) is 2.83. The molecule has 0 amide bonds. The molecule has 2 heterocycles. The summed E-state index contributed by atoms with van der Waals surface area (Å²) in [5.74, 6) is 0. The molecule has 0 aromatic rings. The molecular formula is C10H22Cl2N2O3P+. The van der Waals surface area contributed by atoms with Crippen LogP contribution in [0.25, 0.3) is 0 Å². The average Bonchev–Trinajstić information content (AvgIpc) is 2.31. The van der Waals surface area contributed by atoms with Gasteiger partial charge in [-0.15, -0.1) is 34.9 Å². The summed E-state index contributed by atoms with van der Waals surface area (Å²) in [6.45, 7) is 3.46. The summed E-state index contributed by atoms with van der Waals surface area (Å²) >= 11 is 0. The Morgan fingerprint density at radius 2 is 1.00 bits per heavy atom. The van der Waals surface area contributed by atoms with E-state index in [-0.39, 0.29) is 24.8 Å². The van der Waals surface area contributed by atoms with Gasteiger partial charge in [-0.25, -0.2) is 0 Å². The number of hydrogen-bond donors (Lipinski definition) is 0. The molecule has 108 valence electrons. The number of halogens is 2. The molecule has 0 atom stereocenters. The van der Waals surface area contributed by atoms with Crippen molar-refractivity contribution in [2.24, 2.45) is 0 Å². The lowest BCUT2D eigenvalue weighted by Gasteiger charge is -2.21. The molecule has 2 saturated heterocycles. The van der Waals surface area contributed by atoms with E-state index in [1.165, 1.54) is 12.8 Å².